The summed E-state index contributed by atoms with van der Waals surface area (Å²) in [6, 6.07) is 3.67. The number of nitrogen functional groups attached to an aromatic ring is 1. The van der Waals surface area contributed by atoms with Gasteiger partial charge in [-0.15, -0.1) is 0 Å². The van der Waals surface area contributed by atoms with E-state index in [-0.39, 0.29) is 12.0 Å². The number of nitrogens with two attached hydrogens (primary N) is 1. The number of aromatic nitrogens is 1. The number of carbonyl (C=O) groups is 1. The van der Waals surface area contributed by atoms with E-state index in [0.29, 0.717) is 19.0 Å². The van der Waals surface area contributed by atoms with Gasteiger partial charge in [-0.1, -0.05) is 12.5 Å². The van der Waals surface area contributed by atoms with E-state index in [1.54, 1.807) is 6.20 Å². The fourth-order valence-electron chi connectivity index (χ4n) is 2.52. The first-order valence-electron chi connectivity index (χ1n) is 7.07. The lowest BCUT2D eigenvalue weighted by atomic mass is 10.0. The Morgan fingerprint density at radius 1 is 1.55 bits per heavy atom. The molecule has 2 heterocycles. The molecule has 1 aromatic heterocycles. The van der Waals surface area contributed by atoms with Crippen molar-refractivity contribution in [3.05, 3.63) is 23.9 Å². The molecule has 1 aliphatic rings. The molecule has 2 rings (SSSR count). The van der Waals surface area contributed by atoms with Crippen LogP contribution in [0.3, 0.4) is 0 Å². The zero-order valence-electron chi connectivity index (χ0n) is 11.8. The topological polar surface area (TPSA) is 80.5 Å². The minimum Gasteiger partial charge on any atom is -0.465 e. The van der Waals surface area contributed by atoms with Crippen LogP contribution in [0.25, 0.3) is 0 Å². The number of hydrogen-bond donors (Lipinski definition) is 2. The van der Waals surface area contributed by atoms with Gasteiger partial charge in [-0.25, -0.2) is 10.8 Å². The number of hydrazine groups is 1. The standard InChI is InChI=1S/C14H22N4O2/c1-2-20-14(19)12-5-3-4-8-18(12)10-11-6-7-13(17-15)16-9-11/h6-7,9,12H,2-5,8,10,15H2,1H3,(H,16,17). The van der Waals surface area contributed by atoms with Crippen molar-refractivity contribution in [2.45, 2.75) is 38.8 Å². The molecule has 0 aliphatic carbocycles. The third-order valence-corrected chi connectivity index (χ3v) is 3.53. The van der Waals surface area contributed by atoms with Crippen LogP contribution in [0.15, 0.2) is 18.3 Å². The van der Waals surface area contributed by atoms with Gasteiger partial charge in [0.2, 0.25) is 0 Å². The van der Waals surface area contributed by atoms with Crippen molar-refractivity contribution >= 4 is 11.8 Å². The number of nitrogens with one attached hydrogen (secondary N) is 1. The molecule has 6 heteroatoms. The van der Waals surface area contributed by atoms with Crippen molar-refractivity contribution in [2.75, 3.05) is 18.6 Å². The highest BCUT2D eigenvalue weighted by Crippen LogP contribution is 2.20. The highest BCUT2D eigenvalue weighted by Gasteiger charge is 2.29. The second kappa shape index (κ2) is 7.21. The van der Waals surface area contributed by atoms with Gasteiger partial charge in [0, 0.05) is 12.7 Å². The Labute approximate surface area is 119 Å². The summed E-state index contributed by atoms with van der Waals surface area (Å²) in [5, 5.41) is 0. The first-order valence-corrected chi connectivity index (χ1v) is 7.07. The summed E-state index contributed by atoms with van der Waals surface area (Å²) in [5.41, 5.74) is 3.57. The molecule has 3 N–H and O–H groups in total. The maximum absolute atomic E-state index is 12.0. The Morgan fingerprint density at radius 3 is 3.05 bits per heavy atom. The van der Waals surface area contributed by atoms with Crippen molar-refractivity contribution < 1.29 is 9.53 Å². The molecule has 0 aromatic carbocycles. The molecule has 0 bridgehead atoms. The number of esters is 1. The Bertz CT molecular complexity index is 435. The first-order chi connectivity index (χ1) is 9.74. The smallest absolute Gasteiger partial charge is 0.323 e. The highest BCUT2D eigenvalue weighted by molar-refractivity contribution is 5.75. The van der Waals surface area contributed by atoms with Crippen LogP contribution in [0, 0.1) is 0 Å². The van der Waals surface area contributed by atoms with Gasteiger partial charge in [0.15, 0.2) is 0 Å². The Kier molecular flexibility index (Phi) is 5.31. The second-order valence-corrected chi connectivity index (χ2v) is 4.93. The fraction of sp³-hybridized carbons (Fsp3) is 0.571. The Balaban J connectivity index is 2.02. The van der Waals surface area contributed by atoms with E-state index >= 15 is 0 Å². The van der Waals surface area contributed by atoms with Crippen molar-refractivity contribution in [3.8, 4) is 0 Å². The van der Waals surface area contributed by atoms with Crippen molar-refractivity contribution in [2.24, 2.45) is 5.84 Å². The van der Waals surface area contributed by atoms with Crippen molar-refractivity contribution in [1.82, 2.24) is 9.88 Å². The summed E-state index contributed by atoms with van der Waals surface area (Å²) in [6.45, 7) is 3.90. The molecule has 110 valence electrons. The normalized spacial score (nSPS) is 19.6. The molecular formula is C14H22N4O2. The lowest BCUT2D eigenvalue weighted by molar-refractivity contribution is -0.151. The minimum atomic E-state index is -0.129. The summed E-state index contributed by atoms with van der Waals surface area (Å²) >= 11 is 0. The number of hydrogen-bond acceptors (Lipinski definition) is 6. The monoisotopic (exact) mass is 278 g/mol. The molecule has 6 nitrogen and oxygen atoms in total. The zero-order valence-corrected chi connectivity index (χ0v) is 11.8. The number of piperidine rings is 1. The number of rotatable bonds is 5. The van der Waals surface area contributed by atoms with E-state index < -0.39 is 0 Å². The number of anilines is 1. The van der Waals surface area contributed by atoms with Crippen LogP contribution in [0.4, 0.5) is 5.82 Å². The van der Waals surface area contributed by atoms with Crippen molar-refractivity contribution in [3.63, 3.8) is 0 Å². The van der Waals surface area contributed by atoms with Gasteiger partial charge in [0.05, 0.1) is 6.61 Å². The van der Waals surface area contributed by atoms with Gasteiger partial charge in [-0.2, -0.15) is 0 Å². The Morgan fingerprint density at radius 2 is 2.40 bits per heavy atom. The molecule has 20 heavy (non-hydrogen) atoms. The molecule has 1 fully saturated rings. The number of carbonyl (C=O) groups excluding carboxylic acids is 1. The van der Waals surface area contributed by atoms with Gasteiger partial charge in [-0.3, -0.25) is 9.69 Å². The van der Waals surface area contributed by atoms with Crippen LogP contribution in [-0.2, 0) is 16.1 Å². The van der Waals surface area contributed by atoms with Gasteiger partial charge < -0.3 is 10.2 Å². The molecule has 1 atom stereocenters. The van der Waals surface area contributed by atoms with Crippen LogP contribution in [0.2, 0.25) is 0 Å². The minimum absolute atomic E-state index is 0.111. The average molecular weight is 278 g/mol. The molecule has 0 spiro atoms. The molecule has 0 saturated carbocycles. The molecule has 1 aromatic rings. The molecule has 1 aliphatic heterocycles. The number of likely N-dealkylation sites (tertiary alicyclic amines) is 1. The maximum atomic E-state index is 12.0. The largest absolute Gasteiger partial charge is 0.465 e. The quantitative estimate of drug-likeness (QED) is 0.480. The lowest BCUT2D eigenvalue weighted by Gasteiger charge is -2.33. The van der Waals surface area contributed by atoms with Gasteiger partial charge in [0.1, 0.15) is 11.9 Å². The second-order valence-electron chi connectivity index (χ2n) is 4.93. The van der Waals surface area contributed by atoms with E-state index in [0.717, 1.165) is 31.4 Å². The SMILES string of the molecule is CCOC(=O)C1CCCCN1Cc1ccc(NN)nc1. The average Bonchev–Trinajstić information content (AvgIpc) is 2.49. The summed E-state index contributed by atoms with van der Waals surface area (Å²) < 4.78 is 5.16. The number of pyridine rings is 1. The van der Waals surface area contributed by atoms with E-state index in [1.165, 1.54) is 0 Å². The number of ether oxygens (including phenoxy) is 1. The lowest BCUT2D eigenvalue weighted by Crippen LogP contribution is -2.44. The molecule has 1 saturated heterocycles. The van der Waals surface area contributed by atoms with E-state index in [2.05, 4.69) is 15.3 Å². The predicted molar refractivity (Wildman–Crippen MR) is 76.7 cm³/mol. The van der Waals surface area contributed by atoms with Crippen molar-refractivity contribution in [1.29, 1.82) is 0 Å². The predicted octanol–water partition coefficient (Wildman–Crippen LogP) is 1.28. The van der Waals surface area contributed by atoms with Crippen LogP contribution < -0.4 is 11.3 Å². The van der Waals surface area contributed by atoms with E-state index in [1.807, 2.05) is 19.1 Å². The maximum Gasteiger partial charge on any atom is 0.323 e. The van der Waals surface area contributed by atoms with Gasteiger partial charge >= 0.3 is 5.97 Å². The van der Waals surface area contributed by atoms with E-state index in [9.17, 15) is 4.79 Å². The number of nitrogens with zero attached hydrogens (tertiary/aromatic N) is 2. The summed E-state index contributed by atoms with van der Waals surface area (Å²) in [4.78, 5) is 18.4. The molecule has 0 radical (unpaired) electrons. The first kappa shape index (κ1) is 14.7. The van der Waals surface area contributed by atoms with Crippen LogP contribution >= 0.6 is 0 Å². The molecular weight excluding hydrogens is 256 g/mol. The van der Waals surface area contributed by atoms with Crippen LogP contribution in [0.1, 0.15) is 31.7 Å². The molecule has 0 amide bonds. The summed E-state index contributed by atoms with van der Waals surface area (Å²) in [6.07, 6.45) is 4.85. The summed E-state index contributed by atoms with van der Waals surface area (Å²) in [5.74, 6) is 5.82. The van der Waals surface area contributed by atoms with Crippen LogP contribution in [-0.4, -0.2) is 35.0 Å². The third kappa shape index (κ3) is 3.68. The van der Waals surface area contributed by atoms with Crippen LogP contribution in [0.5, 0.6) is 0 Å². The Hall–Kier alpha value is -1.66. The third-order valence-electron chi connectivity index (χ3n) is 3.53. The van der Waals surface area contributed by atoms with Gasteiger partial charge in [0.25, 0.3) is 0 Å². The highest BCUT2D eigenvalue weighted by atomic mass is 16.5. The van der Waals surface area contributed by atoms with Gasteiger partial charge in [-0.05, 0) is 37.9 Å². The summed E-state index contributed by atoms with van der Waals surface area (Å²) in [7, 11) is 0. The zero-order chi connectivity index (χ0) is 14.4. The fourth-order valence-corrected chi connectivity index (χ4v) is 2.52. The molecule has 1 unspecified atom stereocenters. The van der Waals surface area contributed by atoms with E-state index in [4.69, 9.17) is 10.6 Å².